The van der Waals surface area contributed by atoms with Gasteiger partial charge in [-0.25, -0.2) is 0 Å². The van der Waals surface area contributed by atoms with E-state index >= 15 is 0 Å². The maximum absolute atomic E-state index is 9.88. The minimum absolute atomic E-state index is 0.0242. The van der Waals surface area contributed by atoms with E-state index in [-0.39, 0.29) is 4.83 Å². The van der Waals surface area contributed by atoms with E-state index in [2.05, 4.69) is 25.7 Å². The van der Waals surface area contributed by atoms with E-state index < -0.39 is 0 Å². The summed E-state index contributed by atoms with van der Waals surface area (Å²) in [7, 11) is 0. The lowest BCUT2D eigenvalue weighted by Gasteiger charge is -2.06. The largest absolute Gasteiger partial charge is 0.466 e. The molecular formula is C8H8BrNO2. The summed E-state index contributed by atoms with van der Waals surface area (Å²) in [6.07, 6.45) is 1.70. The zero-order valence-corrected chi connectivity index (χ0v) is 7.90. The highest BCUT2D eigenvalue weighted by atomic mass is 79.9. The first kappa shape index (κ1) is 9.19. The van der Waals surface area contributed by atoms with Crippen molar-refractivity contribution in [1.29, 1.82) is 0 Å². The number of halogens is 1. The Kier molecular flexibility index (Phi) is 3.73. The van der Waals surface area contributed by atoms with E-state index in [4.69, 9.17) is 0 Å². The minimum Gasteiger partial charge on any atom is -0.466 e. The standard InChI is InChI=1S/C8H8BrNO2/c9-7(5-12-6-11)8-3-1-2-4-10-8/h1-4,6-7H,5H2. The van der Waals surface area contributed by atoms with Crippen LogP contribution in [0.15, 0.2) is 24.4 Å². The summed E-state index contributed by atoms with van der Waals surface area (Å²) >= 11 is 3.34. The lowest BCUT2D eigenvalue weighted by atomic mass is 10.3. The van der Waals surface area contributed by atoms with E-state index in [1.807, 2.05) is 18.2 Å². The molecule has 1 aromatic heterocycles. The van der Waals surface area contributed by atoms with E-state index in [9.17, 15) is 4.79 Å². The van der Waals surface area contributed by atoms with Crippen LogP contribution in [0.1, 0.15) is 10.5 Å². The minimum atomic E-state index is -0.0242. The molecular weight excluding hydrogens is 222 g/mol. The lowest BCUT2D eigenvalue weighted by molar-refractivity contribution is -0.128. The van der Waals surface area contributed by atoms with Crippen LogP contribution in [0.25, 0.3) is 0 Å². The topological polar surface area (TPSA) is 39.2 Å². The van der Waals surface area contributed by atoms with Crippen LogP contribution in [0.4, 0.5) is 0 Å². The van der Waals surface area contributed by atoms with Crippen molar-refractivity contribution in [3.63, 3.8) is 0 Å². The lowest BCUT2D eigenvalue weighted by Crippen LogP contribution is -2.01. The maximum Gasteiger partial charge on any atom is 0.293 e. The summed E-state index contributed by atoms with van der Waals surface area (Å²) in [6, 6.07) is 5.59. The molecule has 0 spiro atoms. The first-order chi connectivity index (χ1) is 5.84. The molecule has 0 aliphatic heterocycles. The van der Waals surface area contributed by atoms with Gasteiger partial charge in [-0.2, -0.15) is 0 Å². The van der Waals surface area contributed by atoms with Crippen molar-refractivity contribution in [2.75, 3.05) is 6.61 Å². The smallest absolute Gasteiger partial charge is 0.293 e. The van der Waals surface area contributed by atoms with E-state index in [0.29, 0.717) is 13.1 Å². The molecule has 0 bridgehead atoms. The molecule has 0 N–H and O–H groups in total. The summed E-state index contributed by atoms with van der Waals surface area (Å²) < 4.78 is 4.58. The van der Waals surface area contributed by atoms with Crippen LogP contribution in [-0.4, -0.2) is 18.1 Å². The number of hydrogen-bond donors (Lipinski definition) is 0. The van der Waals surface area contributed by atoms with Gasteiger partial charge in [0, 0.05) is 6.20 Å². The van der Waals surface area contributed by atoms with Crippen LogP contribution in [0, 0.1) is 0 Å². The van der Waals surface area contributed by atoms with Crippen LogP contribution >= 0.6 is 15.9 Å². The first-order valence-electron chi connectivity index (χ1n) is 3.45. The zero-order valence-electron chi connectivity index (χ0n) is 6.31. The molecule has 0 aliphatic carbocycles. The average Bonchev–Trinajstić information content (AvgIpc) is 2.15. The van der Waals surface area contributed by atoms with Crippen molar-refractivity contribution in [3.8, 4) is 0 Å². The normalized spacial score (nSPS) is 12.1. The van der Waals surface area contributed by atoms with Gasteiger partial charge in [-0.1, -0.05) is 22.0 Å². The van der Waals surface area contributed by atoms with Gasteiger partial charge < -0.3 is 4.74 Å². The van der Waals surface area contributed by atoms with Gasteiger partial charge >= 0.3 is 0 Å². The Labute approximate surface area is 78.9 Å². The fraction of sp³-hybridized carbons (Fsp3) is 0.250. The molecule has 64 valence electrons. The Morgan fingerprint density at radius 2 is 2.50 bits per heavy atom. The molecule has 4 heteroatoms. The number of pyridine rings is 1. The van der Waals surface area contributed by atoms with Crippen molar-refractivity contribution >= 4 is 22.4 Å². The highest BCUT2D eigenvalue weighted by molar-refractivity contribution is 9.09. The Hall–Kier alpha value is -0.900. The summed E-state index contributed by atoms with van der Waals surface area (Å²) in [5.74, 6) is 0. The summed E-state index contributed by atoms with van der Waals surface area (Å²) in [5, 5.41) is 0. The van der Waals surface area contributed by atoms with Gasteiger partial charge in [0.1, 0.15) is 6.61 Å². The van der Waals surface area contributed by atoms with Crippen LogP contribution in [0.3, 0.4) is 0 Å². The molecule has 0 amide bonds. The van der Waals surface area contributed by atoms with E-state index in [0.717, 1.165) is 5.69 Å². The zero-order chi connectivity index (χ0) is 8.81. The number of alkyl halides is 1. The Bertz CT molecular complexity index is 240. The number of carbonyl (C=O) groups excluding carboxylic acids is 1. The van der Waals surface area contributed by atoms with Crippen molar-refractivity contribution in [2.45, 2.75) is 4.83 Å². The highest BCUT2D eigenvalue weighted by Gasteiger charge is 2.07. The Morgan fingerprint density at radius 3 is 3.08 bits per heavy atom. The molecule has 1 unspecified atom stereocenters. The van der Waals surface area contributed by atoms with E-state index in [1.165, 1.54) is 0 Å². The highest BCUT2D eigenvalue weighted by Crippen LogP contribution is 2.19. The van der Waals surface area contributed by atoms with Gasteiger partial charge in [0.15, 0.2) is 0 Å². The molecule has 1 heterocycles. The SMILES string of the molecule is O=COCC(Br)c1ccccn1. The van der Waals surface area contributed by atoms with Crippen molar-refractivity contribution in [3.05, 3.63) is 30.1 Å². The summed E-state index contributed by atoms with van der Waals surface area (Å²) in [4.78, 5) is 13.9. The van der Waals surface area contributed by atoms with Crippen LogP contribution < -0.4 is 0 Å². The molecule has 0 saturated carbocycles. The molecule has 0 saturated heterocycles. The quantitative estimate of drug-likeness (QED) is 0.583. The Balaban J connectivity index is 2.53. The predicted octanol–water partition coefficient (Wildman–Crippen LogP) is 1.69. The van der Waals surface area contributed by atoms with Crippen molar-refractivity contribution in [1.82, 2.24) is 4.98 Å². The molecule has 0 aromatic carbocycles. The third-order valence-electron chi connectivity index (χ3n) is 1.32. The number of aromatic nitrogens is 1. The fourth-order valence-corrected chi connectivity index (χ4v) is 1.19. The third kappa shape index (κ3) is 2.62. The summed E-state index contributed by atoms with van der Waals surface area (Å²) in [6.45, 7) is 0.734. The molecule has 0 fully saturated rings. The number of hydrogen-bond acceptors (Lipinski definition) is 3. The molecule has 3 nitrogen and oxygen atoms in total. The van der Waals surface area contributed by atoms with Gasteiger partial charge in [-0.15, -0.1) is 0 Å². The summed E-state index contributed by atoms with van der Waals surface area (Å²) in [5.41, 5.74) is 0.861. The van der Waals surface area contributed by atoms with Crippen molar-refractivity contribution < 1.29 is 9.53 Å². The van der Waals surface area contributed by atoms with Crippen molar-refractivity contribution in [2.24, 2.45) is 0 Å². The average molecular weight is 230 g/mol. The van der Waals surface area contributed by atoms with Crippen LogP contribution in [0.2, 0.25) is 0 Å². The van der Waals surface area contributed by atoms with Crippen LogP contribution in [-0.2, 0) is 9.53 Å². The second-order valence-electron chi connectivity index (χ2n) is 2.15. The molecule has 1 atom stereocenters. The second-order valence-corrected chi connectivity index (χ2v) is 3.26. The molecule has 0 aliphatic rings. The van der Waals surface area contributed by atoms with Gasteiger partial charge in [-0.3, -0.25) is 9.78 Å². The second kappa shape index (κ2) is 4.87. The number of nitrogens with zero attached hydrogens (tertiary/aromatic N) is 1. The number of carbonyl (C=O) groups is 1. The number of rotatable bonds is 4. The van der Waals surface area contributed by atoms with Gasteiger partial charge in [0.2, 0.25) is 0 Å². The van der Waals surface area contributed by atoms with E-state index in [1.54, 1.807) is 6.20 Å². The third-order valence-corrected chi connectivity index (χ3v) is 2.05. The molecule has 0 radical (unpaired) electrons. The fourth-order valence-electron chi connectivity index (χ4n) is 0.770. The molecule has 12 heavy (non-hydrogen) atoms. The van der Waals surface area contributed by atoms with Gasteiger partial charge in [-0.05, 0) is 12.1 Å². The van der Waals surface area contributed by atoms with Gasteiger partial charge in [0.25, 0.3) is 6.47 Å². The maximum atomic E-state index is 9.88. The molecule has 1 rings (SSSR count). The first-order valence-corrected chi connectivity index (χ1v) is 4.36. The van der Waals surface area contributed by atoms with Crippen LogP contribution in [0.5, 0.6) is 0 Å². The number of ether oxygens (including phenoxy) is 1. The monoisotopic (exact) mass is 229 g/mol. The Morgan fingerprint density at radius 1 is 1.67 bits per heavy atom. The predicted molar refractivity (Wildman–Crippen MR) is 47.9 cm³/mol. The molecule has 1 aromatic rings. The van der Waals surface area contributed by atoms with Gasteiger partial charge in [0.05, 0.1) is 10.5 Å².